The van der Waals surface area contributed by atoms with E-state index in [0.717, 1.165) is 72.5 Å². The molecule has 0 bridgehead atoms. The van der Waals surface area contributed by atoms with Crippen molar-refractivity contribution in [2.45, 2.75) is 0 Å². The topological polar surface area (TPSA) is 21.3 Å². The van der Waals surface area contributed by atoms with Gasteiger partial charge in [0.2, 0.25) is 0 Å². The van der Waals surface area contributed by atoms with Crippen LogP contribution in [0.15, 0.2) is 235 Å². The van der Waals surface area contributed by atoms with E-state index >= 15 is 0 Å². The lowest BCUT2D eigenvalue weighted by atomic mass is 9.99. The van der Waals surface area contributed by atoms with E-state index in [1.165, 1.54) is 47.6 Å². The molecule has 0 unspecified atom stereocenters. The summed E-state index contributed by atoms with van der Waals surface area (Å²) in [4.78, 5) is 2.42. The summed E-state index contributed by atoms with van der Waals surface area (Å²) in [5, 5.41) is 7.27. The molecule has 13 rings (SSSR count). The number of fused-ring (bicyclic) bond motifs is 9. The molecule has 0 aliphatic heterocycles. The van der Waals surface area contributed by atoms with Crippen LogP contribution in [-0.2, 0) is 0 Å². The molecule has 13 aromatic rings. The van der Waals surface area contributed by atoms with Gasteiger partial charge in [-0.1, -0.05) is 146 Å². The van der Waals surface area contributed by atoms with Gasteiger partial charge in [0.1, 0.15) is 11.2 Å². The normalized spacial score (nSPS) is 11.8. The first-order valence-electron chi connectivity index (χ1n) is 21.7. The molecule has 0 atom stereocenters. The summed E-state index contributed by atoms with van der Waals surface area (Å²) in [6, 6.07) is 83.4. The third-order valence-electron chi connectivity index (χ3n) is 12.8. The number of rotatable bonds is 7. The number of nitrogens with zero attached hydrogens (tertiary/aromatic N) is 2. The van der Waals surface area contributed by atoms with E-state index in [2.05, 4.69) is 234 Å². The summed E-state index contributed by atoms with van der Waals surface area (Å²) in [5.74, 6) is 0. The Kier molecular flexibility index (Phi) is 8.40. The summed E-state index contributed by atoms with van der Waals surface area (Å²) >= 11 is 1.86. The first-order chi connectivity index (χ1) is 31.7. The fourth-order valence-electron chi connectivity index (χ4n) is 9.80. The van der Waals surface area contributed by atoms with E-state index in [1.807, 2.05) is 17.4 Å². The van der Waals surface area contributed by atoms with Crippen molar-refractivity contribution in [1.29, 1.82) is 0 Å². The van der Waals surface area contributed by atoms with Gasteiger partial charge < -0.3 is 13.9 Å². The molecule has 300 valence electrons. The van der Waals surface area contributed by atoms with E-state index in [0.29, 0.717) is 0 Å². The van der Waals surface area contributed by atoms with Gasteiger partial charge in [-0.15, -0.1) is 11.3 Å². The van der Waals surface area contributed by atoms with Crippen LogP contribution >= 0.6 is 11.3 Å². The highest BCUT2D eigenvalue weighted by atomic mass is 32.1. The Morgan fingerprint density at radius 2 is 0.953 bits per heavy atom. The molecule has 0 saturated heterocycles. The van der Waals surface area contributed by atoms with Gasteiger partial charge in [-0.05, 0) is 113 Å². The summed E-state index contributed by atoms with van der Waals surface area (Å²) in [6.07, 6.45) is 0. The van der Waals surface area contributed by atoms with Gasteiger partial charge >= 0.3 is 0 Å². The Hall–Kier alpha value is -8.18. The van der Waals surface area contributed by atoms with Crippen LogP contribution in [-0.4, -0.2) is 4.57 Å². The van der Waals surface area contributed by atoms with E-state index in [9.17, 15) is 0 Å². The molecule has 64 heavy (non-hydrogen) atoms. The van der Waals surface area contributed by atoms with E-state index in [4.69, 9.17) is 4.42 Å². The fourth-order valence-corrected chi connectivity index (χ4v) is 10.9. The van der Waals surface area contributed by atoms with Crippen molar-refractivity contribution in [3.05, 3.63) is 231 Å². The maximum atomic E-state index is 6.53. The predicted octanol–water partition coefficient (Wildman–Crippen LogP) is 17.5. The number of aromatic nitrogens is 1. The third kappa shape index (κ3) is 5.88. The zero-order chi connectivity index (χ0) is 42.1. The molecule has 0 fully saturated rings. The number of hydrogen-bond acceptors (Lipinski definition) is 3. The van der Waals surface area contributed by atoms with Crippen molar-refractivity contribution in [1.82, 2.24) is 4.57 Å². The summed E-state index contributed by atoms with van der Waals surface area (Å²) < 4.78 is 11.6. The molecule has 3 heterocycles. The van der Waals surface area contributed by atoms with Crippen molar-refractivity contribution >= 4 is 92.3 Å². The molecule has 3 aromatic heterocycles. The standard InChI is InChI=1S/C60H38N2OS/c1-3-13-41(14-4-1)47-19-11-20-49-51-37-42(29-35-56(51)63-60(47)49)39-25-31-45(32-26-39)61(46-33-27-40(28-34-46)43-30-36-58-52(38-43)48-17-8-10-24-57(48)64-58)54-22-12-23-55-59(54)50-18-7-9-21-53(50)62(55)44-15-5-2-6-16-44/h1-38H. The van der Waals surface area contributed by atoms with Crippen LogP contribution in [0.4, 0.5) is 17.1 Å². The molecule has 3 nitrogen and oxygen atoms in total. The molecule has 0 spiro atoms. The molecule has 0 radical (unpaired) electrons. The zero-order valence-electron chi connectivity index (χ0n) is 34.7. The molecule has 0 N–H and O–H groups in total. The molecular weight excluding hydrogens is 797 g/mol. The van der Waals surface area contributed by atoms with Gasteiger partial charge in [0, 0.05) is 64.3 Å². The number of anilines is 3. The average Bonchev–Trinajstić information content (AvgIpc) is 4.04. The van der Waals surface area contributed by atoms with Crippen molar-refractivity contribution in [3.63, 3.8) is 0 Å². The van der Waals surface area contributed by atoms with Crippen LogP contribution in [0, 0.1) is 0 Å². The van der Waals surface area contributed by atoms with Gasteiger partial charge in [-0.25, -0.2) is 0 Å². The Morgan fingerprint density at radius 3 is 1.72 bits per heavy atom. The maximum Gasteiger partial charge on any atom is 0.143 e. The van der Waals surface area contributed by atoms with Crippen molar-refractivity contribution in [2.24, 2.45) is 0 Å². The summed E-state index contributed by atoms with van der Waals surface area (Å²) in [5.41, 5.74) is 15.5. The fraction of sp³-hybridized carbons (Fsp3) is 0. The van der Waals surface area contributed by atoms with Crippen LogP contribution in [0.25, 0.3) is 103 Å². The second-order valence-corrected chi connectivity index (χ2v) is 17.5. The van der Waals surface area contributed by atoms with Gasteiger partial charge in [-0.3, -0.25) is 0 Å². The molecule has 4 heteroatoms. The average molecular weight is 835 g/mol. The monoisotopic (exact) mass is 834 g/mol. The Morgan fingerprint density at radius 1 is 0.375 bits per heavy atom. The minimum Gasteiger partial charge on any atom is -0.455 e. The molecular formula is C60H38N2OS. The highest BCUT2D eigenvalue weighted by molar-refractivity contribution is 7.25. The number of para-hydroxylation sites is 3. The second-order valence-electron chi connectivity index (χ2n) is 16.5. The Bertz CT molecular complexity index is 3880. The lowest BCUT2D eigenvalue weighted by Gasteiger charge is -2.27. The minimum atomic E-state index is 0.889. The Balaban J connectivity index is 0.947. The molecule has 0 saturated carbocycles. The molecule has 0 aliphatic rings. The number of benzene rings is 10. The largest absolute Gasteiger partial charge is 0.455 e. The smallest absolute Gasteiger partial charge is 0.143 e. The highest BCUT2D eigenvalue weighted by Gasteiger charge is 2.22. The number of hydrogen-bond donors (Lipinski definition) is 0. The van der Waals surface area contributed by atoms with Gasteiger partial charge in [0.15, 0.2) is 0 Å². The first kappa shape index (κ1) is 36.5. The van der Waals surface area contributed by atoms with Crippen molar-refractivity contribution in [2.75, 3.05) is 4.90 Å². The quantitative estimate of drug-likeness (QED) is 0.159. The zero-order valence-corrected chi connectivity index (χ0v) is 35.5. The predicted molar refractivity (Wildman–Crippen MR) is 272 cm³/mol. The minimum absolute atomic E-state index is 0.889. The lowest BCUT2D eigenvalue weighted by molar-refractivity contribution is 0.670. The number of thiophene rings is 1. The molecule has 0 amide bonds. The SMILES string of the molecule is c1ccc(-c2cccc3c2oc2ccc(-c4ccc(N(c5ccc(-c6ccc7sc8ccccc8c7c6)cc5)c5cccc6c5c5ccccc5n6-c5ccccc5)cc4)cc23)cc1. The second kappa shape index (κ2) is 14.7. The first-order valence-corrected chi connectivity index (χ1v) is 22.6. The summed E-state index contributed by atoms with van der Waals surface area (Å²) in [6.45, 7) is 0. The van der Waals surface area contributed by atoms with Crippen molar-refractivity contribution in [3.8, 4) is 39.1 Å². The third-order valence-corrected chi connectivity index (χ3v) is 14.0. The Labute approximate surface area is 373 Å². The van der Waals surface area contributed by atoms with E-state index in [1.54, 1.807) is 0 Å². The van der Waals surface area contributed by atoms with Crippen LogP contribution < -0.4 is 4.90 Å². The maximum absolute atomic E-state index is 6.53. The lowest BCUT2D eigenvalue weighted by Crippen LogP contribution is -2.10. The van der Waals surface area contributed by atoms with E-state index in [-0.39, 0.29) is 0 Å². The van der Waals surface area contributed by atoms with Crippen LogP contribution in [0.1, 0.15) is 0 Å². The van der Waals surface area contributed by atoms with Gasteiger partial charge in [-0.2, -0.15) is 0 Å². The van der Waals surface area contributed by atoms with Crippen LogP contribution in [0.2, 0.25) is 0 Å². The molecule has 0 aliphatic carbocycles. The van der Waals surface area contributed by atoms with Gasteiger partial charge in [0.05, 0.1) is 16.7 Å². The number of furan rings is 1. The van der Waals surface area contributed by atoms with Gasteiger partial charge in [0.25, 0.3) is 0 Å². The van der Waals surface area contributed by atoms with Crippen LogP contribution in [0.3, 0.4) is 0 Å². The molecule has 10 aromatic carbocycles. The van der Waals surface area contributed by atoms with E-state index < -0.39 is 0 Å². The highest BCUT2D eigenvalue weighted by Crippen LogP contribution is 2.45. The van der Waals surface area contributed by atoms with Crippen LogP contribution in [0.5, 0.6) is 0 Å². The van der Waals surface area contributed by atoms with Crippen molar-refractivity contribution < 1.29 is 4.42 Å². The summed E-state index contributed by atoms with van der Waals surface area (Å²) in [7, 11) is 0.